The minimum absolute atomic E-state index is 0.462. The van der Waals surface area contributed by atoms with Gasteiger partial charge in [-0.05, 0) is 24.4 Å². The van der Waals surface area contributed by atoms with Crippen LogP contribution in [0.1, 0.15) is 11.4 Å². The standard InChI is InChI=1S/C10H11N3/c1-7-10-8(2-4-12-7)3-5-13-9(10)6-11/h2-5H,6,11H2,1H3. The van der Waals surface area contributed by atoms with Crippen LogP contribution in [0.3, 0.4) is 0 Å². The van der Waals surface area contributed by atoms with Gasteiger partial charge < -0.3 is 5.73 Å². The number of aryl methyl sites for hydroxylation is 1. The van der Waals surface area contributed by atoms with Crippen LogP contribution in [0.2, 0.25) is 0 Å². The normalized spacial score (nSPS) is 10.6. The van der Waals surface area contributed by atoms with Crippen LogP contribution < -0.4 is 5.73 Å². The molecular weight excluding hydrogens is 162 g/mol. The van der Waals surface area contributed by atoms with Crippen LogP contribution in [0, 0.1) is 6.92 Å². The summed E-state index contributed by atoms with van der Waals surface area (Å²) in [6.45, 7) is 2.44. The average molecular weight is 173 g/mol. The number of fused-ring (bicyclic) bond motifs is 1. The summed E-state index contributed by atoms with van der Waals surface area (Å²) < 4.78 is 0. The van der Waals surface area contributed by atoms with Crippen molar-refractivity contribution in [1.29, 1.82) is 0 Å². The molecule has 3 nitrogen and oxygen atoms in total. The van der Waals surface area contributed by atoms with Gasteiger partial charge in [0, 0.05) is 30.0 Å². The van der Waals surface area contributed by atoms with E-state index in [1.165, 1.54) is 0 Å². The molecule has 2 heterocycles. The van der Waals surface area contributed by atoms with E-state index in [0.29, 0.717) is 6.54 Å². The van der Waals surface area contributed by atoms with Crippen LogP contribution in [0.5, 0.6) is 0 Å². The molecule has 3 heteroatoms. The molecule has 0 unspecified atom stereocenters. The zero-order chi connectivity index (χ0) is 9.26. The Morgan fingerprint density at radius 1 is 1.23 bits per heavy atom. The first kappa shape index (κ1) is 8.13. The van der Waals surface area contributed by atoms with E-state index >= 15 is 0 Å². The predicted octanol–water partition coefficient (Wildman–Crippen LogP) is 1.40. The maximum Gasteiger partial charge on any atom is 0.0635 e. The zero-order valence-electron chi connectivity index (χ0n) is 7.49. The third kappa shape index (κ3) is 1.27. The highest BCUT2D eigenvalue weighted by molar-refractivity contribution is 5.86. The van der Waals surface area contributed by atoms with E-state index in [1.54, 1.807) is 12.4 Å². The van der Waals surface area contributed by atoms with Crippen molar-refractivity contribution in [3.8, 4) is 0 Å². The van der Waals surface area contributed by atoms with Gasteiger partial charge in [0.2, 0.25) is 0 Å². The van der Waals surface area contributed by atoms with Crippen molar-refractivity contribution in [2.24, 2.45) is 5.73 Å². The molecule has 0 spiro atoms. The summed E-state index contributed by atoms with van der Waals surface area (Å²) in [5, 5.41) is 2.25. The molecular formula is C10H11N3. The lowest BCUT2D eigenvalue weighted by Crippen LogP contribution is -2.01. The Morgan fingerprint density at radius 2 is 1.92 bits per heavy atom. The fourth-order valence-corrected chi connectivity index (χ4v) is 1.53. The molecule has 0 amide bonds. The lowest BCUT2D eigenvalue weighted by molar-refractivity contribution is 1.00. The number of aromatic nitrogens is 2. The Bertz CT molecular complexity index is 432. The van der Waals surface area contributed by atoms with E-state index in [9.17, 15) is 0 Å². The molecule has 0 aliphatic carbocycles. The van der Waals surface area contributed by atoms with Crippen LogP contribution in [-0.2, 0) is 6.54 Å². The Balaban J connectivity index is 2.87. The molecule has 2 N–H and O–H groups in total. The summed E-state index contributed by atoms with van der Waals surface area (Å²) in [4.78, 5) is 8.44. The van der Waals surface area contributed by atoms with Gasteiger partial charge in [-0.3, -0.25) is 9.97 Å². The molecule has 0 aliphatic heterocycles. The van der Waals surface area contributed by atoms with Crippen LogP contribution in [-0.4, -0.2) is 9.97 Å². The summed E-state index contributed by atoms with van der Waals surface area (Å²) in [5.74, 6) is 0. The Morgan fingerprint density at radius 3 is 2.62 bits per heavy atom. The molecule has 0 atom stereocenters. The van der Waals surface area contributed by atoms with Crippen molar-refractivity contribution in [2.75, 3.05) is 0 Å². The molecule has 2 rings (SSSR count). The molecule has 0 saturated heterocycles. The summed E-state index contributed by atoms with van der Waals surface area (Å²) in [7, 11) is 0. The maximum atomic E-state index is 5.59. The minimum Gasteiger partial charge on any atom is -0.325 e. The largest absolute Gasteiger partial charge is 0.325 e. The van der Waals surface area contributed by atoms with Crippen LogP contribution in [0.25, 0.3) is 10.8 Å². The van der Waals surface area contributed by atoms with Crippen LogP contribution in [0.4, 0.5) is 0 Å². The van der Waals surface area contributed by atoms with Crippen molar-refractivity contribution in [3.05, 3.63) is 35.9 Å². The average Bonchev–Trinajstić information content (AvgIpc) is 2.17. The fraction of sp³-hybridized carbons (Fsp3) is 0.200. The van der Waals surface area contributed by atoms with Gasteiger partial charge in [0.1, 0.15) is 0 Å². The maximum absolute atomic E-state index is 5.59. The van der Waals surface area contributed by atoms with E-state index in [4.69, 9.17) is 5.73 Å². The first-order chi connectivity index (χ1) is 6.33. The number of nitrogens with zero attached hydrogens (tertiary/aromatic N) is 2. The Hall–Kier alpha value is -1.48. The Labute approximate surface area is 76.6 Å². The first-order valence-electron chi connectivity index (χ1n) is 4.22. The summed E-state index contributed by atoms with van der Waals surface area (Å²) >= 11 is 0. The van der Waals surface area contributed by atoms with E-state index in [-0.39, 0.29) is 0 Å². The first-order valence-corrected chi connectivity index (χ1v) is 4.22. The lowest BCUT2D eigenvalue weighted by Gasteiger charge is -2.04. The molecule has 0 fully saturated rings. The zero-order valence-corrected chi connectivity index (χ0v) is 7.49. The van der Waals surface area contributed by atoms with Crippen LogP contribution >= 0.6 is 0 Å². The van der Waals surface area contributed by atoms with Crippen molar-refractivity contribution in [2.45, 2.75) is 13.5 Å². The van der Waals surface area contributed by atoms with Crippen molar-refractivity contribution in [3.63, 3.8) is 0 Å². The number of pyridine rings is 2. The fourth-order valence-electron chi connectivity index (χ4n) is 1.53. The second-order valence-electron chi connectivity index (χ2n) is 2.96. The quantitative estimate of drug-likeness (QED) is 0.709. The van der Waals surface area contributed by atoms with E-state index in [2.05, 4.69) is 9.97 Å². The molecule has 13 heavy (non-hydrogen) atoms. The number of hydrogen-bond acceptors (Lipinski definition) is 3. The van der Waals surface area contributed by atoms with Gasteiger partial charge in [-0.25, -0.2) is 0 Å². The van der Waals surface area contributed by atoms with E-state index in [0.717, 1.165) is 22.2 Å². The molecule has 0 radical (unpaired) electrons. The highest BCUT2D eigenvalue weighted by Gasteiger charge is 2.03. The third-order valence-corrected chi connectivity index (χ3v) is 2.14. The highest BCUT2D eigenvalue weighted by atomic mass is 14.7. The molecule has 2 aromatic heterocycles. The smallest absolute Gasteiger partial charge is 0.0635 e. The third-order valence-electron chi connectivity index (χ3n) is 2.14. The summed E-state index contributed by atoms with van der Waals surface area (Å²) in [5.41, 5.74) is 7.51. The second kappa shape index (κ2) is 3.11. The Kier molecular flexibility index (Phi) is 1.94. The monoisotopic (exact) mass is 173 g/mol. The van der Waals surface area contributed by atoms with E-state index in [1.807, 2.05) is 19.1 Å². The SMILES string of the molecule is Cc1nccc2ccnc(CN)c12. The topological polar surface area (TPSA) is 51.8 Å². The molecule has 0 saturated carbocycles. The number of nitrogens with two attached hydrogens (primary N) is 1. The predicted molar refractivity (Wildman–Crippen MR) is 52.2 cm³/mol. The minimum atomic E-state index is 0.462. The summed E-state index contributed by atoms with van der Waals surface area (Å²) in [6, 6.07) is 3.95. The lowest BCUT2D eigenvalue weighted by atomic mass is 10.1. The molecule has 0 bridgehead atoms. The number of rotatable bonds is 1. The number of hydrogen-bond donors (Lipinski definition) is 1. The molecule has 66 valence electrons. The van der Waals surface area contributed by atoms with Gasteiger partial charge in [-0.1, -0.05) is 0 Å². The second-order valence-corrected chi connectivity index (χ2v) is 2.96. The highest BCUT2D eigenvalue weighted by Crippen LogP contribution is 2.18. The van der Waals surface area contributed by atoms with Crippen LogP contribution in [0.15, 0.2) is 24.5 Å². The van der Waals surface area contributed by atoms with Gasteiger partial charge in [0.05, 0.1) is 5.69 Å². The van der Waals surface area contributed by atoms with Gasteiger partial charge in [-0.2, -0.15) is 0 Å². The van der Waals surface area contributed by atoms with Gasteiger partial charge in [-0.15, -0.1) is 0 Å². The van der Waals surface area contributed by atoms with Gasteiger partial charge in [0.15, 0.2) is 0 Å². The van der Waals surface area contributed by atoms with Crippen molar-refractivity contribution >= 4 is 10.8 Å². The van der Waals surface area contributed by atoms with Crippen molar-refractivity contribution < 1.29 is 0 Å². The van der Waals surface area contributed by atoms with Crippen molar-refractivity contribution in [1.82, 2.24) is 9.97 Å². The van der Waals surface area contributed by atoms with Gasteiger partial charge in [0.25, 0.3) is 0 Å². The van der Waals surface area contributed by atoms with Gasteiger partial charge >= 0.3 is 0 Å². The van der Waals surface area contributed by atoms with E-state index < -0.39 is 0 Å². The molecule has 0 aromatic carbocycles. The molecule has 2 aromatic rings. The summed E-state index contributed by atoms with van der Waals surface area (Å²) in [6.07, 6.45) is 3.59. The molecule has 0 aliphatic rings.